The van der Waals surface area contributed by atoms with Gasteiger partial charge in [0.25, 0.3) is 0 Å². The molecule has 1 fully saturated rings. The minimum absolute atomic E-state index is 0. The van der Waals surface area contributed by atoms with Gasteiger partial charge in [0.2, 0.25) is 0 Å². The Labute approximate surface area is 235 Å². The number of piperazine rings is 1. The smallest absolute Gasteiger partial charge is 0.329 e. The molecule has 2 atom stereocenters. The first-order valence-electron chi connectivity index (χ1n) is 12.7. The lowest BCUT2D eigenvalue weighted by Gasteiger charge is -2.40. The summed E-state index contributed by atoms with van der Waals surface area (Å²) in [5, 5.41) is 12.3. The summed E-state index contributed by atoms with van der Waals surface area (Å²) in [5.74, 6) is -0.955. The van der Waals surface area contributed by atoms with Gasteiger partial charge < -0.3 is 9.84 Å². The first-order valence-corrected chi connectivity index (χ1v) is 13.0. The van der Waals surface area contributed by atoms with Crippen LogP contribution in [0, 0.1) is 0 Å². The van der Waals surface area contributed by atoms with Gasteiger partial charge in [-0.05, 0) is 39.6 Å². The fourth-order valence-electron chi connectivity index (χ4n) is 5.28. The summed E-state index contributed by atoms with van der Waals surface area (Å²) in [6.45, 7) is 3.85. The van der Waals surface area contributed by atoms with E-state index in [4.69, 9.17) is 16.3 Å². The molecule has 38 heavy (non-hydrogen) atoms. The molecular weight excluding hydrogens is 519 g/mol. The van der Waals surface area contributed by atoms with E-state index in [0.717, 1.165) is 47.5 Å². The average molecular weight is 552 g/mol. The second kappa shape index (κ2) is 13.2. The van der Waals surface area contributed by atoms with Crippen LogP contribution in [0.5, 0.6) is 0 Å². The van der Waals surface area contributed by atoms with E-state index in [2.05, 4.69) is 70.5 Å². The van der Waals surface area contributed by atoms with Crippen molar-refractivity contribution in [3.8, 4) is 0 Å². The van der Waals surface area contributed by atoms with Crippen LogP contribution in [0.4, 0.5) is 0 Å². The third kappa shape index (κ3) is 6.73. The number of hydrogen-bond acceptors (Lipinski definition) is 4. The molecule has 0 aromatic heterocycles. The second-order valence-electron chi connectivity index (χ2n) is 9.46. The summed E-state index contributed by atoms with van der Waals surface area (Å²) in [6, 6.07) is 33.2. The Balaban J connectivity index is 0.00000336. The molecule has 0 saturated carbocycles. The molecule has 1 saturated heterocycles. The molecule has 5 nitrogen and oxygen atoms in total. The molecule has 0 aliphatic carbocycles. The Hall–Kier alpha value is -2.93. The number of nitrogens with zero attached hydrogens (tertiary/aromatic N) is 2. The lowest BCUT2D eigenvalue weighted by molar-refractivity contribution is -0.145. The number of halogens is 2. The van der Waals surface area contributed by atoms with Crippen LogP contribution in [0.1, 0.15) is 28.8 Å². The second-order valence-corrected chi connectivity index (χ2v) is 9.90. The van der Waals surface area contributed by atoms with Gasteiger partial charge >= 0.3 is 5.97 Å². The van der Waals surface area contributed by atoms with Crippen molar-refractivity contribution in [3.05, 3.63) is 119 Å². The van der Waals surface area contributed by atoms with Gasteiger partial charge in [-0.3, -0.25) is 9.80 Å². The van der Waals surface area contributed by atoms with Crippen molar-refractivity contribution in [1.29, 1.82) is 0 Å². The highest BCUT2D eigenvalue weighted by Gasteiger charge is 2.28. The molecule has 4 aromatic carbocycles. The van der Waals surface area contributed by atoms with Crippen LogP contribution in [0.2, 0.25) is 5.02 Å². The summed E-state index contributed by atoms with van der Waals surface area (Å²) < 4.78 is 5.96. The summed E-state index contributed by atoms with van der Waals surface area (Å²) in [6.07, 6.45) is -0.324. The quantitative estimate of drug-likeness (QED) is 0.259. The van der Waals surface area contributed by atoms with Crippen molar-refractivity contribution in [1.82, 2.24) is 9.80 Å². The summed E-state index contributed by atoms with van der Waals surface area (Å²) >= 11 is 6.18. The number of benzene rings is 4. The normalized spacial score (nSPS) is 16.0. The predicted octanol–water partition coefficient (Wildman–Crippen LogP) is 6.46. The number of rotatable bonds is 9. The van der Waals surface area contributed by atoms with Crippen molar-refractivity contribution in [2.45, 2.75) is 12.1 Å². The number of hydrogen-bond donors (Lipinski definition) is 1. The monoisotopic (exact) mass is 550 g/mol. The number of ether oxygens (including phenoxy) is 1. The van der Waals surface area contributed by atoms with Crippen molar-refractivity contribution < 1.29 is 14.6 Å². The third-order valence-electron chi connectivity index (χ3n) is 7.08. The van der Waals surface area contributed by atoms with Gasteiger partial charge in [0, 0.05) is 37.7 Å². The Bertz CT molecular complexity index is 1320. The minimum atomic E-state index is -0.955. The lowest BCUT2D eigenvalue weighted by atomic mass is 9.96. The maximum atomic E-state index is 11.3. The molecule has 5 rings (SSSR count). The SMILES string of the molecule is Cl.O=C(O)COC(CN1CCN(C(c2ccccc2)c2ccc(Cl)cc2)CC1)c1cccc2ccccc12. The number of fused-ring (bicyclic) bond motifs is 1. The van der Waals surface area contributed by atoms with Crippen molar-refractivity contribution in [3.63, 3.8) is 0 Å². The topological polar surface area (TPSA) is 53.0 Å². The highest BCUT2D eigenvalue weighted by molar-refractivity contribution is 6.30. The molecule has 1 aliphatic rings. The molecule has 4 aromatic rings. The van der Waals surface area contributed by atoms with Crippen LogP contribution in [0.15, 0.2) is 97.1 Å². The standard InChI is InChI=1S/C31H31ClN2O3.ClH/c32-26-15-13-25(14-16-26)31(24-8-2-1-3-9-24)34-19-17-33(18-20-34)21-29(37-22-30(35)36)28-12-6-10-23-7-4-5-11-27(23)28;/h1-16,29,31H,17-22H2,(H,35,36);1H. The Morgan fingerprint density at radius 3 is 2.16 bits per heavy atom. The van der Waals surface area contributed by atoms with Gasteiger partial charge in [0.1, 0.15) is 6.61 Å². The van der Waals surface area contributed by atoms with E-state index < -0.39 is 5.97 Å². The van der Waals surface area contributed by atoms with Crippen LogP contribution in [0.3, 0.4) is 0 Å². The van der Waals surface area contributed by atoms with Crippen LogP contribution in [0.25, 0.3) is 10.8 Å². The maximum absolute atomic E-state index is 11.3. The fraction of sp³-hybridized carbons (Fsp3) is 0.258. The molecule has 198 valence electrons. The van der Waals surface area contributed by atoms with E-state index in [1.165, 1.54) is 11.1 Å². The Kier molecular flexibility index (Phi) is 9.78. The van der Waals surface area contributed by atoms with Crippen molar-refractivity contribution >= 4 is 40.7 Å². The summed E-state index contributed by atoms with van der Waals surface area (Å²) in [5.41, 5.74) is 3.52. The zero-order chi connectivity index (χ0) is 25.6. The summed E-state index contributed by atoms with van der Waals surface area (Å²) in [4.78, 5) is 16.2. The van der Waals surface area contributed by atoms with Gasteiger partial charge in [-0.25, -0.2) is 4.79 Å². The molecular formula is C31H32Cl2N2O3. The fourth-order valence-corrected chi connectivity index (χ4v) is 5.40. The number of aliphatic carboxylic acids is 1. The molecule has 0 bridgehead atoms. The van der Waals surface area contributed by atoms with Gasteiger partial charge in [-0.2, -0.15) is 0 Å². The van der Waals surface area contributed by atoms with E-state index >= 15 is 0 Å². The molecule has 7 heteroatoms. The minimum Gasteiger partial charge on any atom is -0.480 e. The Morgan fingerprint density at radius 1 is 0.816 bits per heavy atom. The molecule has 1 aliphatic heterocycles. The molecule has 0 radical (unpaired) electrons. The van der Waals surface area contributed by atoms with Crippen LogP contribution < -0.4 is 0 Å². The first-order chi connectivity index (χ1) is 18.1. The lowest BCUT2D eigenvalue weighted by Crippen LogP contribution is -2.49. The Morgan fingerprint density at radius 2 is 1.45 bits per heavy atom. The zero-order valence-corrected chi connectivity index (χ0v) is 22.7. The van der Waals surface area contributed by atoms with Gasteiger partial charge in [-0.15, -0.1) is 12.4 Å². The van der Waals surface area contributed by atoms with E-state index in [9.17, 15) is 9.90 Å². The van der Waals surface area contributed by atoms with E-state index in [-0.39, 0.29) is 31.2 Å². The highest BCUT2D eigenvalue weighted by Crippen LogP contribution is 2.32. The largest absolute Gasteiger partial charge is 0.480 e. The maximum Gasteiger partial charge on any atom is 0.329 e. The molecule has 1 heterocycles. The predicted molar refractivity (Wildman–Crippen MR) is 155 cm³/mol. The van der Waals surface area contributed by atoms with E-state index in [1.807, 2.05) is 36.4 Å². The van der Waals surface area contributed by atoms with Crippen molar-refractivity contribution in [2.24, 2.45) is 0 Å². The zero-order valence-electron chi connectivity index (χ0n) is 21.1. The molecule has 0 spiro atoms. The number of carboxylic acid groups (broad SMARTS) is 1. The van der Waals surface area contributed by atoms with Gasteiger partial charge in [-0.1, -0.05) is 96.5 Å². The van der Waals surface area contributed by atoms with Crippen molar-refractivity contribution in [2.75, 3.05) is 39.3 Å². The molecule has 0 amide bonds. The summed E-state index contributed by atoms with van der Waals surface area (Å²) in [7, 11) is 0. The highest BCUT2D eigenvalue weighted by atomic mass is 35.5. The van der Waals surface area contributed by atoms with Gasteiger partial charge in [0.15, 0.2) is 0 Å². The number of carbonyl (C=O) groups is 1. The third-order valence-corrected chi connectivity index (χ3v) is 7.33. The van der Waals surface area contributed by atoms with Crippen LogP contribution in [-0.4, -0.2) is 60.2 Å². The molecule has 1 N–H and O–H groups in total. The average Bonchev–Trinajstić information content (AvgIpc) is 2.93. The van der Waals surface area contributed by atoms with E-state index in [1.54, 1.807) is 0 Å². The van der Waals surface area contributed by atoms with E-state index in [0.29, 0.717) is 6.54 Å². The van der Waals surface area contributed by atoms with Crippen LogP contribution >= 0.6 is 24.0 Å². The first kappa shape index (κ1) is 28.1. The molecule has 2 unspecified atom stereocenters. The van der Waals surface area contributed by atoms with Crippen LogP contribution in [-0.2, 0) is 9.53 Å². The number of carboxylic acids is 1. The van der Waals surface area contributed by atoms with Gasteiger partial charge in [0.05, 0.1) is 12.1 Å².